The maximum absolute atomic E-state index is 13.0. The molecule has 2 aromatic carbocycles. The van der Waals surface area contributed by atoms with Crippen molar-refractivity contribution in [2.24, 2.45) is 0 Å². The molecule has 0 spiro atoms. The largest absolute Gasteiger partial charge is 1.00 e. The molecule has 168 valence electrons. The van der Waals surface area contributed by atoms with E-state index in [2.05, 4.69) is 4.52 Å². The van der Waals surface area contributed by atoms with E-state index in [-0.39, 0.29) is 42.5 Å². The average molecular weight is 473 g/mol. The Hall–Kier alpha value is -1.84. The first-order valence-corrected chi connectivity index (χ1v) is 10.8. The number of methoxy groups -OCH3 is 2. The fourth-order valence-corrected chi connectivity index (χ4v) is 3.89. The Kier molecular flexibility index (Phi) is 8.58. The number of nitrogens with two attached hydrogens (primary N) is 1. The van der Waals surface area contributed by atoms with Crippen molar-refractivity contribution in [2.45, 2.75) is 20.3 Å². The van der Waals surface area contributed by atoms with Gasteiger partial charge in [-0.2, -0.15) is 0 Å². The Labute approximate surface area is 209 Å². The predicted molar refractivity (Wildman–Crippen MR) is 116 cm³/mol. The first kappa shape index (κ1) is 26.4. The standard InChI is InChI=1S/C21H24NO8P.Na.H/c1-11-5-13(6-12(2)20(11)29-10-30-31(24,25)26)7-15-8-14-9-16(27-3)21(28-4)18(22)17(14)19(15)23;;/h5-7,9H,8,10,22H2,1-4H3,(H2,24,25,26);;/q;+1;-1/b15-7+;;. The topological polar surface area (TPSA) is 138 Å². The van der Waals surface area contributed by atoms with E-state index in [1.807, 2.05) is 12.1 Å². The number of allylic oxidation sites excluding steroid dienone is 1. The molecule has 1 aliphatic rings. The number of anilines is 1. The number of carbonyl (C=O) groups excluding carboxylic acids is 1. The molecular formula is C21H25NNaO8P. The van der Waals surface area contributed by atoms with E-state index in [9.17, 15) is 9.36 Å². The number of hydrogen-bond acceptors (Lipinski definition) is 7. The summed E-state index contributed by atoms with van der Waals surface area (Å²) in [5.41, 5.74) is 10.4. The second-order valence-electron chi connectivity index (χ2n) is 7.10. The first-order chi connectivity index (χ1) is 14.6. The second-order valence-corrected chi connectivity index (χ2v) is 8.34. The maximum atomic E-state index is 13.0. The van der Waals surface area contributed by atoms with E-state index in [0.717, 1.165) is 22.3 Å². The summed E-state index contributed by atoms with van der Waals surface area (Å²) in [5, 5.41) is 0. The van der Waals surface area contributed by atoms with Crippen LogP contribution >= 0.6 is 7.82 Å². The number of rotatable bonds is 7. The summed E-state index contributed by atoms with van der Waals surface area (Å²) in [5.74, 6) is 1.09. The van der Waals surface area contributed by atoms with Gasteiger partial charge in [0, 0.05) is 12.0 Å². The Morgan fingerprint density at radius 1 is 1.12 bits per heavy atom. The minimum atomic E-state index is -4.61. The molecule has 11 heteroatoms. The number of carbonyl (C=O) groups is 1. The molecule has 0 radical (unpaired) electrons. The van der Waals surface area contributed by atoms with E-state index in [4.69, 9.17) is 29.7 Å². The first-order valence-electron chi connectivity index (χ1n) is 9.28. The van der Waals surface area contributed by atoms with Crippen molar-refractivity contribution in [1.29, 1.82) is 0 Å². The van der Waals surface area contributed by atoms with E-state index < -0.39 is 14.6 Å². The molecule has 0 saturated heterocycles. The van der Waals surface area contributed by atoms with Crippen molar-refractivity contribution in [3.05, 3.63) is 51.6 Å². The van der Waals surface area contributed by atoms with Gasteiger partial charge in [0.05, 0.1) is 25.5 Å². The number of aryl methyl sites for hydroxylation is 2. The zero-order valence-electron chi connectivity index (χ0n) is 19.6. The normalized spacial score (nSPS) is 14.2. The van der Waals surface area contributed by atoms with Crippen molar-refractivity contribution in [3.63, 3.8) is 0 Å². The molecule has 0 atom stereocenters. The van der Waals surface area contributed by atoms with Gasteiger partial charge in [-0.15, -0.1) is 0 Å². The van der Waals surface area contributed by atoms with Crippen LogP contribution in [-0.4, -0.2) is 36.6 Å². The molecular weight excluding hydrogens is 448 g/mol. The van der Waals surface area contributed by atoms with E-state index in [1.165, 1.54) is 14.2 Å². The molecule has 0 bridgehead atoms. The summed E-state index contributed by atoms with van der Waals surface area (Å²) in [6, 6.07) is 5.39. The van der Waals surface area contributed by atoms with Crippen molar-refractivity contribution < 1.29 is 68.9 Å². The second kappa shape index (κ2) is 10.4. The Morgan fingerprint density at radius 2 is 1.75 bits per heavy atom. The molecule has 3 rings (SSSR count). The van der Waals surface area contributed by atoms with Gasteiger partial charge in [-0.1, -0.05) is 0 Å². The molecule has 0 unspecified atom stereocenters. The molecule has 0 fully saturated rings. The van der Waals surface area contributed by atoms with Crippen LogP contribution in [0.25, 0.3) is 6.08 Å². The maximum Gasteiger partial charge on any atom is 1.00 e. The van der Waals surface area contributed by atoms with Crippen molar-refractivity contribution >= 4 is 25.4 Å². The van der Waals surface area contributed by atoms with Crippen LogP contribution in [0.1, 0.15) is 34.0 Å². The Bertz CT molecular complexity index is 1110. The summed E-state index contributed by atoms with van der Waals surface area (Å²) in [7, 11) is -1.63. The molecule has 1 aliphatic carbocycles. The Balaban J connectivity index is 0.00000272. The molecule has 0 amide bonds. The fraction of sp³-hybridized carbons (Fsp3) is 0.286. The van der Waals surface area contributed by atoms with Crippen LogP contribution in [0.2, 0.25) is 0 Å². The predicted octanol–water partition coefficient (Wildman–Crippen LogP) is 0.287. The molecule has 2 aromatic rings. The van der Waals surface area contributed by atoms with Gasteiger partial charge in [-0.25, -0.2) is 9.09 Å². The summed E-state index contributed by atoms with van der Waals surface area (Å²) in [6.07, 6.45) is 2.20. The van der Waals surface area contributed by atoms with Crippen LogP contribution in [0.3, 0.4) is 0 Å². The van der Waals surface area contributed by atoms with Crippen LogP contribution in [0, 0.1) is 13.8 Å². The minimum Gasteiger partial charge on any atom is -1.00 e. The third-order valence-corrected chi connectivity index (χ3v) is 5.38. The van der Waals surface area contributed by atoms with Crippen molar-refractivity contribution in [2.75, 3.05) is 26.7 Å². The van der Waals surface area contributed by atoms with Crippen LogP contribution in [-0.2, 0) is 15.5 Å². The van der Waals surface area contributed by atoms with Crippen LogP contribution < -0.4 is 49.5 Å². The number of benzene rings is 2. The van der Waals surface area contributed by atoms with Crippen LogP contribution in [0.5, 0.6) is 17.2 Å². The molecule has 0 aliphatic heterocycles. The number of phosphoric ester groups is 1. The van der Waals surface area contributed by atoms with Gasteiger partial charge in [0.25, 0.3) is 0 Å². The zero-order valence-corrected chi connectivity index (χ0v) is 21.5. The number of Topliss-reactive ketones (excluding diaryl/α,β-unsaturated/α-hetero) is 1. The van der Waals surface area contributed by atoms with Gasteiger partial charge >= 0.3 is 37.4 Å². The minimum absolute atomic E-state index is 0. The summed E-state index contributed by atoms with van der Waals surface area (Å²) >= 11 is 0. The number of nitrogen functional groups attached to an aromatic ring is 1. The number of ketones is 1. The SMILES string of the molecule is COc1cc2c(c(N)c1OC)C(=O)/C(=C/c1cc(C)c(OCOP(=O)(O)O)c(C)c1)C2.[H-].[Na+]. The van der Waals surface area contributed by atoms with Gasteiger partial charge in [-0.3, -0.25) is 4.79 Å². The third-order valence-electron chi connectivity index (χ3n) is 4.94. The number of hydrogen-bond donors (Lipinski definition) is 3. The fourth-order valence-electron chi connectivity index (χ4n) is 3.70. The smallest absolute Gasteiger partial charge is 1.00 e. The number of fused-ring (bicyclic) bond motifs is 1. The van der Waals surface area contributed by atoms with Gasteiger partial charge in [-0.05, 0) is 60.4 Å². The van der Waals surface area contributed by atoms with E-state index in [1.54, 1.807) is 26.0 Å². The van der Waals surface area contributed by atoms with Gasteiger partial charge < -0.3 is 31.2 Å². The number of phosphoric acid groups is 1. The molecule has 32 heavy (non-hydrogen) atoms. The third kappa shape index (κ3) is 5.55. The summed E-state index contributed by atoms with van der Waals surface area (Å²) in [6.45, 7) is 3.00. The average Bonchev–Trinajstić information content (AvgIpc) is 2.98. The van der Waals surface area contributed by atoms with Gasteiger partial charge in [0.15, 0.2) is 24.1 Å². The van der Waals surface area contributed by atoms with E-state index >= 15 is 0 Å². The molecule has 0 saturated carbocycles. The van der Waals surface area contributed by atoms with E-state index in [0.29, 0.717) is 34.8 Å². The zero-order chi connectivity index (χ0) is 22.9. The quantitative estimate of drug-likeness (QED) is 0.170. The summed E-state index contributed by atoms with van der Waals surface area (Å²) < 4.78 is 31.1. The van der Waals surface area contributed by atoms with Crippen LogP contribution in [0.4, 0.5) is 5.69 Å². The van der Waals surface area contributed by atoms with Crippen LogP contribution in [0.15, 0.2) is 23.8 Å². The van der Waals surface area contributed by atoms with Crippen molar-refractivity contribution in [3.8, 4) is 17.2 Å². The number of ether oxygens (including phenoxy) is 3. The van der Waals surface area contributed by atoms with Gasteiger partial charge in [0.2, 0.25) is 0 Å². The van der Waals surface area contributed by atoms with Crippen molar-refractivity contribution in [1.82, 2.24) is 0 Å². The molecule has 4 N–H and O–H groups in total. The molecule has 9 nitrogen and oxygen atoms in total. The summed E-state index contributed by atoms with van der Waals surface area (Å²) in [4.78, 5) is 30.5. The molecule has 0 aromatic heterocycles. The monoisotopic (exact) mass is 473 g/mol. The Morgan fingerprint density at radius 3 is 2.28 bits per heavy atom. The van der Waals surface area contributed by atoms with Gasteiger partial charge in [0.1, 0.15) is 5.75 Å². The molecule has 0 heterocycles.